The number of nitrogens with zero attached hydrogens (tertiary/aromatic N) is 2. The number of carbonyl (C=O) groups is 1. The van der Waals surface area contributed by atoms with Crippen LogP contribution in [0.5, 0.6) is 0 Å². The van der Waals surface area contributed by atoms with Crippen molar-refractivity contribution in [3.05, 3.63) is 59.4 Å². The fourth-order valence-electron chi connectivity index (χ4n) is 1.98. The molecule has 8 heteroatoms. The summed E-state index contributed by atoms with van der Waals surface area (Å²) < 4.78 is 19.2. The van der Waals surface area contributed by atoms with Crippen molar-refractivity contribution < 1.29 is 13.6 Å². The Balaban J connectivity index is 1.65. The number of thioether (sulfide) groups is 1. The van der Waals surface area contributed by atoms with E-state index in [9.17, 15) is 9.18 Å². The number of anilines is 1. The zero-order valence-corrected chi connectivity index (χ0v) is 14.6. The van der Waals surface area contributed by atoms with Crippen molar-refractivity contribution in [3.8, 4) is 11.5 Å². The SMILES string of the molecule is C[C@H](Sc1nnc(-c2ccccc2F)o1)C(=O)Nc1ccc(Cl)cc1. The molecule has 1 atom stereocenters. The van der Waals surface area contributed by atoms with Crippen LogP contribution >= 0.6 is 23.4 Å². The van der Waals surface area contributed by atoms with Gasteiger partial charge in [0.05, 0.1) is 10.8 Å². The molecule has 3 aromatic rings. The Morgan fingerprint density at radius 2 is 1.92 bits per heavy atom. The highest BCUT2D eigenvalue weighted by Crippen LogP contribution is 2.28. The lowest BCUT2D eigenvalue weighted by molar-refractivity contribution is -0.115. The molecule has 2 aromatic carbocycles. The highest BCUT2D eigenvalue weighted by atomic mass is 35.5. The van der Waals surface area contributed by atoms with E-state index in [-0.39, 0.29) is 22.6 Å². The third kappa shape index (κ3) is 4.37. The van der Waals surface area contributed by atoms with Crippen molar-refractivity contribution in [1.29, 1.82) is 0 Å². The number of halogens is 2. The number of rotatable bonds is 5. The standard InChI is InChI=1S/C17H13ClFN3O2S/c1-10(15(23)20-12-8-6-11(18)7-9-12)25-17-22-21-16(24-17)13-4-2-3-5-14(13)19/h2-10H,1H3,(H,20,23)/t10-/m0/s1. The van der Waals surface area contributed by atoms with Crippen LogP contribution in [0.25, 0.3) is 11.5 Å². The van der Waals surface area contributed by atoms with E-state index >= 15 is 0 Å². The van der Waals surface area contributed by atoms with Crippen molar-refractivity contribution in [2.24, 2.45) is 0 Å². The molecule has 0 spiro atoms. The first kappa shape index (κ1) is 17.4. The third-order valence-corrected chi connectivity index (χ3v) is 4.46. The van der Waals surface area contributed by atoms with Gasteiger partial charge in [-0.2, -0.15) is 0 Å². The Labute approximate surface area is 152 Å². The number of amides is 1. The second-order valence-electron chi connectivity index (χ2n) is 5.11. The lowest BCUT2D eigenvalue weighted by atomic mass is 10.2. The van der Waals surface area contributed by atoms with E-state index in [0.717, 1.165) is 11.8 Å². The van der Waals surface area contributed by atoms with E-state index in [0.29, 0.717) is 10.7 Å². The number of carbonyl (C=O) groups excluding carboxylic acids is 1. The zero-order valence-electron chi connectivity index (χ0n) is 13.1. The Morgan fingerprint density at radius 3 is 2.64 bits per heavy atom. The molecule has 0 aliphatic heterocycles. The number of hydrogen-bond donors (Lipinski definition) is 1. The van der Waals surface area contributed by atoms with Gasteiger partial charge in [-0.05, 0) is 43.3 Å². The normalized spacial score (nSPS) is 12.0. The first-order chi connectivity index (χ1) is 12.0. The van der Waals surface area contributed by atoms with Gasteiger partial charge >= 0.3 is 0 Å². The number of hydrogen-bond acceptors (Lipinski definition) is 5. The Kier molecular flexibility index (Phi) is 5.35. The molecule has 0 aliphatic rings. The molecule has 0 saturated carbocycles. The molecule has 5 nitrogen and oxygen atoms in total. The molecule has 0 bridgehead atoms. The maximum atomic E-state index is 13.7. The van der Waals surface area contributed by atoms with Crippen molar-refractivity contribution in [2.45, 2.75) is 17.4 Å². The number of aromatic nitrogens is 2. The molecule has 3 rings (SSSR count). The van der Waals surface area contributed by atoms with Crippen LogP contribution < -0.4 is 5.32 Å². The topological polar surface area (TPSA) is 68.0 Å². The summed E-state index contributed by atoms with van der Waals surface area (Å²) in [5.41, 5.74) is 0.861. The van der Waals surface area contributed by atoms with E-state index in [1.165, 1.54) is 6.07 Å². The average molecular weight is 378 g/mol. The molecule has 1 amide bonds. The summed E-state index contributed by atoms with van der Waals surface area (Å²) in [7, 11) is 0. The Morgan fingerprint density at radius 1 is 1.20 bits per heavy atom. The van der Waals surface area contributed by atoms with Crippen LogP contribution in [0.2, 0.25) is 5.02 Å². The largest absolute Gasteiger partial charge is 0.411 e. The van der Waals surface area contributed by atoms with Gasteiger partial charge in [-0.25, -0.2) is 4.39 Å². The van der Waals surface area contributed by atoms with Crippen molar-refractivity contribution >= 4 is 35.0 Å². The molecular formula is C17H13ClFN3O2S. The van der Waals surface area contributed by atoms with Crippen LogP contribution in [0, 0.1) is 5.82 Å². The predicted molar refractivity (Wildman–Crippen MR) is 95.1 cm³/mol. The van der Waals surface area contributed by atoms with E-state index in [4.69, 9.17) is 16.0 Å². The van der Waals surface area contributed by atoms with Crippen LogP contribution in [-0.4, -0.2) is 21.4 Å². The van der Waals surface area contributed by atoms with Crippen LogP contribution in [0.3, 0.4) is 0 Å². The van der Waals surface area contributed by atoms with E-state index < -0.39 is 11.1 Å². The lowest BCUT2D eigenvalue weighted by Gasteiger charge is -2.09. The molecule has 1 heterocycles. The summed E-state index contributed by atoms with van der Waals surface area (Å²) in [6, 6.07) is 12.9. The molecule has 0 saturated heterocycles. The highest BCUT2D eigenvalue weighted by molar-refractivity contribution is 8.00. The molecule has 0 radical (unpaired) electrons. The van der Waals surface area contributed by atoms with E-state index in [2.05, 4.69) is 15.5 Å². The Bertz CT molecular complexity index is 886. The minimum atomic E-state index is -0.482. The minimum Gasteiger partial charge on any atom is -0.411 e. The van der Waals surface area contributed by atoms with Crippen molar-refractivity contribution in [3.63, 3.8) is 0 Å². The van der Waals surface area contributed by atoms with Gasteiger partial charge < -0.3 is 9.73 Å². The summed E-state index contributed by atoms with van der Waals surface area (Å²) in [4.78, 5) is 12.2. The Hall–Kier alpha value is -2.38. The van der Waals surface area contributed by atoms with Gasteiger partial charge in [0.25, 0.3) is 11.1 Å². The molecule has 1 N–H and O–H groups in total. The fraction of sp³-hybridized carbons (Fsp3) is 0.118. The maximum absolute atomic E-state index is 13.7. The summed E-state index contributed by atoms with van der Waals surface area (Å²) >= 11 is 6.91. The first-order valence-electron chi connectivity index (χ1n) is 7.34. The van der Waals surface area contributed by atoms with Gasteiger partial charge in [-0.15, -0.1) is 10.2 Å². The molecule has 0 unspecified atom stereocenters. The minimum absolute atomic E-state index is 0.0749. The molecule has 25 heavy (non-hydrogen) atoms. The summed E-state index contributed by atoms with van der Waals surface area (Å²) in [6.07, 6.45) is 0. The molecule has 128 valence electrons. The third-order valence-electron chi connectivity index (χ3n) is 3.27. The van der Waals surface area contributed by atoms with Gasteiger partial charge in [0, 0.05) is 10.7 Å². The van der Waals surface area contributed by atoms with Gasteiger partial charge in [0.1, 0.15) is 5.82 Å². The van der Waals surface area contributed by atoms with Gasteiger partial charge in [-0.1, -0.05) is 35.5 Å². The van der Waals surface area contributed by atoms with E-state index in [1.54, 1.807) is 49.4 Å². The van der Waals surface area contributed by atoms with Crippen molar-refractivity contribution in [1.82, 2.24) is 10.2 Å². The second-order valence-corrected chi connectivity index (χ2v) is 6.84. The predicted octanol–water partition coefficient (Wildman–Crippen LogP) is 4.65. The lowest BCUT2D eigenvalue weighted by Crippen LogP contribution is -2.22. The van der Waals surface area contributed by atoms with Gasteiger partial charge in [-0.3, -0.25) is 4.79 Å². The summed E-state index contributed by atoms with van der Waals surface area (Å²) in [6.45, 7) is 1.71. The second kappa shape index (κ2) is 7.67. The zero-order chi connectivity index (χ0) is 17.8. The van der Waals surface area contributed by atoms with Gasteiger partial charge in [0.15, 0.2) is 0 Å². The van der Waals surface area contributed by atoms with Crippen LogP contribution in [-0.2, 0) is 4.79 Å². The molecule has 0 fully saturated rings. The van der Waals surface area contributed by atoms with Crippen LogP contribution in [0.1, 0.15) is 6.92 Å². The molecule has 1 aromatic heterocycles. The van der Waals surface area contributed by atoms with E-state index in [1.807, 2.05) is 0 Å². The number of nitrogens with one attached hydrogen (secondary N) is 1. The quantitative estimate of drug-likeness (QED) is 0.655. The molecular weight excluding hydrogens is 365 g/mol. The monoisotopic (exact) mass is 377 g/mol. The maximum Gasteiger partial charge on any atom is 0.277 e. The smallest absolute Gasteiger partial charge is 0.277 e. The summed E-state index contributed by atoms with van der Waals surface area (Å²) in [5.74, 6) is -0.597. The molecule has 0 aliphatic carbocycles. The number of benzene rings is 2. The highest BCUT2D eigenvalue weighted by Gasteiger charge is 2.19. The van der Waals surface area contributed by atoms with Crippen LogP contribution in [0.15, 0.2) is 58.2 Å². The van der Waals surface area contributed by atoms with Crippen LogP contribution in [0.4, 0.5) is 10.1 Å². The van der Waals surface area contributed by atoms with Gasteiger partial charge in [0.2, 0.25) is 5.91 Å². The fourth-order valence-corrected chi connectivity index (χ4v) is 2.79. The summed E-state index contributed by atoms with van der Waals surface area (Å²) in [5, 5.41) is 10.8. The first-order valence-corrected chi connectivity index (χ1v) is 8.60. The van der Waals surface area contributed by atoms with Crippen molar-refractivity contribution in [2.75, 3.05) is 5.32 Å². The average Bonchev–Trinajstić information content (AvgIpc) is 3.05.